The van der Waals surface area contributed by atoms with E-state index < -0.39 is 0 Å². The van der Waals surface area contributed by atoms with Crippen LogP contribution in [0.4, 0.5) is 5.69 Å². The minimum absolute atomic E-state index is 0.140. The Balaban J connectivity index is 1.47. The largest absolute Gasteiger partial charge is 0.457 e. The van der Waals surface area contributed by atoms with Gasteiger partial charge in [-0.2, -0.15) is 0 Å². The molecule has 3 aromatic carbocycles. The van der Waals surface area contributed by atoms with Crippen molar-refractivity contribution >= 4 is 34.6 Å². The van der Waals surface area contributed by atoms with Crippen LogP contribution in [0.1, 0.15) is 5.56 Å². The maximum Gasteiger partial charge on any atom is 0.264 e. The molecule has 0 radical (unpaired) electrons. The predicted molar refractivity (Wildman–Crippen MR) is 110 cm³/mol. The maximum absolute atomic E-state index is 12.2. The summed E-state index contributed by atoms with van der Waals surface area (Å²) in [7, 11) is 0. The molecule has 5 heteroatoms. The summed E-state index contributed by atoms with van der Waals surface area (Å²) in [5.74, 6) is 1.40. The molecule has 1 aliphatic heterocycles. The van der Waals surface area contributed by atoms with Crippen molar-refractivity contribution in [1.29, 1.82) is 0 Å². The van der Waals surface area contributed by atoms with E-state index in [1.807, 2.05) is 91.0 Å². The number of thioether (sulfide) groups is 1. The molecule has 0 aliphatic carbocycles. The molecule has 27 heavy (non-hydrogen) atoms. The summed E-state index contributed by atoms with van der Waals surface area (Å²) in [6, 6.07) is 26.8. The van der Waals surface area contributed by atoms with Gasteiger partial charge in [-0.15, -0.1) is 0 Å². The van der Waals surface area contributed by atoms with Gasteiger partial charge in [-0.1, -0.05) is 48.5 Å². The number of benzene rings is 3. The smallest absolute Gasteiger partial charge is 0.264 e. The minimum Gasteiger partial charge on any atom is -0.457 e. The van der Waals surface area contributed by atoms with Gasteiger partial charge in [-0.05, 0) is 59.8 Å². The van der Waals surface area contributed by atoms with Gasteiger partial charge in [0.2, 0.25) is 0 Å². The lowest BCUT2D eigenvalue weighted by Crippen LogP contribution is -2.19. The van der Waals surface area contributed by atoms with Crippen LogP contribution in [-0.2, 0) is 4.79 Å². The van der Waals surface area contributed by atoms with Gasteiger partial charge in [0.25, 0.3) is 5.91 Å². The number of ether oxygens (including phenoxy) is 1. The van der Waals surface area contributed by atoms with E-state index in [1.165, 1.54) is 11.8 Å². The van der Waals surface area contributed by atoms with Crippen molar-refractivity contribution in [1.82, 2.24) is 5.32 Å². The standard InChI is InChI=1S/C22H16N2O2S/c25-21-20(27-22(24-21)23-17-7-3-1-4-8-17)15-16-11-13-19(14-12-16)26-18-9-5-2-6-10-18/h1-15H,(H,23,24,25)/b20-15-. The summed E-state index contributed by atoms with van der Waals surface area (Å²) >= 11 is 1.33. The summed E-state index contributed by atoms with van der Waals surface area (Å²) in [6.45, 7) is 0. The number of amidine groups is 1. The van der Waals surface area contributed by atoms with E-state index >= 15 is 0 Å². The molecule has 1 saturated heterocycles. The molecule has 4 nitrogen and oxygen atoms in total. The molecular weight excluding hydrogens is 356 g/mol. The number of amides is 1. The van der Waals surface area contributed by atoms with Gasteiger partial charge in [0.05, 0.1) is 10.6 Å². The lowest BCUT2D eigenvalue weighted by atomic mass is 10.2. The molecule has 4 rings (SSSR count). The van der Waals surface area contributed by atoms with Crippen LogP contribution < -0.4 is 10.1 Å². The minimum atomic E-state index is -0.140. The van der Waals surface area contributed by atoms with Crippen molar-refractivity contribution in [3.05, 3.63) is 95.4 Å². The van der Waals surface area contributed by atoms with Gasteiger partial charge in [-0.25, -0.2) is 4.99 Å². The molecule has 1 N–H and O–H groups in total. The molecule has 1 amide bonds. The van der Waals surface area contributed by atoms with Crippen LogP contribution in [-0.4, -0.2) is 11.1 Å². The van der Waals surface area contributed by atoms with Crippen LogP contribution in [0.25, 0.3) is 6.08 Å². The summed E-state index contributed by atoms with van der Waals surface area (Å²) in [6.07, 6.45) is 1.85. The number of rotatable bonds is 4. The first-order chi connectivity index (χ1) is 13.3. The fourth-order valence-electron chi connectivity index (χ4n) is 2.51. The summed E-state index contributed by atoms with van der Waals surface area (Å²) in [5, 5.41) is 3.38. The second-order valence-corrected chi connectivity index (χ2v) is 6.83. The first-order valence-electron chi connectivity index (χ1n) is 8.44. The highest BCUT2D eigenvalue weighted by Crippen LogP contribution is 2.29. The highest BCUT2D eigenvalue weighted by atomic mass is 32.2. The second kappa shape index (κ2) is 7.93. The van der Waals surface area contributed by atoms with E-state index in [1.54, 1.807) is 0 Å². The molecule has 0 atom stereocenters. The second-order valence-electron chi connectivity index (χ2n) is 5.80. The Labute approximate surface area is 161 Å². The molecule has 0 spiro atoms. The molecule has 0 unspecified atom stereocenters. The topological polar surface area (TPSA) is 50.7 Å². The first kappa shape index (κ1) is 17.1. The van der Waals surface area contributed by atoms with E-state index in [2.05, 4.69) is 10.3 Å². The van der Waals surface area contributed by atoms with E-state index in [0.717, 1.165) is 22.7 Å². The van der Waals surface area contributed by atoms with Gasteiger partial charge >= 0.3 is 0 Å². The zero-order valence-corrected chi connectivity index (χ0v) is 15.1. The third-order valence-electron chi connectivity index (χ3n) is 3.79. The van der Waals surface area contributed by atoms with Crippen LogP contribution in [0.15, 0.2) is 94.8 Å². The third-order valence-corrected chi connectivity index (χ3v) is 4.70. The average Bonchev–Trinajstić information content (AvgIpc) is 3.04. The number of hydrogen-bond acceptors (Lipinski definition) is 4. The van der Waals surface area contributed by atoms with Gasteiger partial charge in [0.15, 0.2) is 5.17 Å². The van der Waals surface area contributed by atoms with Crippen LogP contribution in [0.3, 0.4) is 0 Å². The Morgan fingerprint density at radius 2 is 1.44 bits per heavy atom. The number of nitrogens with one attached hydrogen (secondary N) is 1. The van der Waals surface area contributed by atoms with Gasteiger partial charge in [0, 0.05) is 0 Å². The molecule has 1 fully saturated rings. The molecule has 1 aliphatic rings. The maximum atomic E-state index is 12.2. The van der Waals surface area contributed by atoms with Gasteiger partial charge < -0.3 is 10.1 Å². The average molecular weight is 372 g/mol. The lowest BCUT2D eigenvalue weighted by Gasteiger charge is -2.05. The molecular formula is C22H16N2O2S. The van der Waals surface area contributed by atoms with Crippen molar-refractivity contribution in [2.45, 2.75) is 0 Å². The molecule has 0 saturated carbocycles. The van der Waals surface area contributed by atoms with Crippen LogP contribution in [0.5, 0.6) is 11.5 Å². The first-order valence-corrected chi connectivity index (χ1v) is 9.25. The van der Waals surface area contributed by atoms with E-state index in [-0.39, 0.29) is 5.91 Å². The van der Waals surface area contributed by atoms with E-state index in [9.17, 15) is 4.79 Å². The molecule has 0 bridgehead atoms. The van der Waals surface area contributed by atoms with Crippen molar-refractivity contribution < 1.29 is 9.53 Å². The zero-order chi connectivity index (χ0) is 18.5. The lowest BCUT2D eigenvalue weighted by molar-refractivity contribution is -0.115. The Hall–Kier alpha value is -3.31. The number of para-hydroxylation sites is 2. The SMILES string of the molecule is O=C1NC(=Nc2ccccc2)S/C1=C\c1ccc(Oc2ccccc2)cc1. The van der Waals surface area contributed by atoms with Crippen LogP contribution in [0, 0.1) is 0 Å². The highest BCUT2D eigenvalue weighted by molar-refractivity contribution is 8.18. The molecule has 1 heterocycles. The fourth-order valence-corrected chi connectivity index (χ4v) is 3.35. The fraction of sp³-hybridized carbons (Fsp3) is 0. The summed E-state index contributed by atoms with van der Waals surface area (Å²) < 4.78 is 5.78. The highest BCUT2D eigenvalue weighted by Gasteiger charge is 2.23. The number of aliphatic imine (C=N–C) groups is 1. The van der Waals surface area contributed by atoms with E-state index in [4.69, 9.17) is 4.74 Å². The number of nitrogens with zero attached hydrogens (tertiary/aromatic N) is 1. The Morgan fingerprint density at radius 1 is 0.815 bits per heavy atom. The number of carbonyl (C=O) groups excluding carboxylic acids is 1. The van der Waals surface area contributed by atoms with E-state index in [0.29, 0.717) is 10.1 Å². The van der Waals surface area contributed by atoms with Crippen molar-refractivity contribution in [3.63, 3.8) is 0 Å². The van der Waals surface area contributed by atoms with Crippen molar-refractivity contribution in [2.75, 3.05) is 0 Å². The predicted octanol–water partition coefficient (Wildman–Crippen LogP) is 5.37. The monoisotopic (exact) mass is 372 g/mol. The molecule has 0 aromatic heterocycles. The Kier molecular flexibility index (Phi) is 5.03. The number of carbonyl (C=O) groups is 1. The van der Waals surface area contributed by atoms with Crippen LogP contribution >= 0.6 is 11.8 Å². The summed E-state index contributed by atoms with van der Waals surface area (Å²) in [5.41, 5.74) is 1.73. The molecule has 3 aromatic rings. The molecule has 132 valence electrons. The normalized spacial score (nSPS) is 16.5. The summed E-state index contributed by atoms with van der Waals surface area (Å²) in [4.78, 5) is 17.2. The Morgan fingerprint density at radius 3 is 2.15 bits per heavy atom. The zero-order valence-electron chi connectivity index (χ0n) is 14.3. The third kappa shape index (κ3) is 4.46. The number of hydrogen-bond donors (Lipinski definition) is 1. The van der Waals surface area contributed by atoms with Crippen molar-refractivity contribution in [2.24, 2.45) is 4.99 Å². The van der Waals surface area contributed by atoms with Gasteiger partial charge in [0.1, 0.15) is 11.5 Å². The van der Waals surface area contributed by atoms with Crippen LogP contribution in [0.2, 0.25) is 0 Å². The quantitative estimate of drug-likeness (QED) is 0.626. The van der Waals surface area contributed by atoms with Crippen molar-refractivity contribution in [3.8, 4) is 11.5 Å². The van der Waals surface area contributed by atoms with Gasteiger partial charge in [-0.3, -0.25) is 4.79 Å². The Bertz CT molecular complexity index is 998.